The molecule has 1 heterocycles. The van der Waals surface area contributed by atoms with E-state index in [4.69, 9.17) is 9.15 Å². The number of nitrogens with one attached hydrogen (secondary N) is 1. The van der Waals surface area contributed by atoms with Crippen molar-refractivity contribution in [3.05, 3.63) is 23.2 Å². The first kappa shape index (κ1) is 15.3. The van der Waals surface area contributed by atoms with Gasteiger partial charge in [-0.3, -0.25) is 0 Å². The monoisotopic (exact) mass is 253 g/mol. The Morgan fingerprint density at radius 2 is 2.06 bits per heavy atom. The number of ether oxygens (including phenoxy) is 1. The molecule has 0 fully saturated rings. The average Bonchev–Trinajstić information content (AvgIpc) is 2.67. The molecule has 1 atom stereocenters. The summed E-state index contributed by atoms with van der Waals surface area (Å²) in [7, 11) is 0. The lowest BCUT2D eigenvalue weighted by molar-refractivity contribution is 0.0230. The first-order valence-corrected chi connectivity index (χ1v) is 6.95. The normalized spacial score (nSPS) is 13.2. The van der Waals surface area contributed by atoms with Crippen LogP contribution in [0.1, 0.15) is 51.2 Å². The van der Waals surface area contributed by atoms with Crippen molar-refractivity contribution >= 4 is 0 Å². The lowest BCUT2D eigenvalue weighted by Crippen LogP contribution is -2.15. The molecule has 3 nitrogen and oxygen atoms in total. The van der Waals surface area contributed by atoms with Crippen LogP contribution >= 0.6 is 0 Å². The summed E-state index contributed by atoms with van der Waals surface area (Å²) in [5, 5.41) is 3.34. The number of hydrogen-bond donors (Lipinski definition) is 1. The zero-order chi connectivity index (χ0) is 13.5. The van der Waals surface area contributed by atoms with Gasteiger partial charge in [0.05, 0.1) is 19.3 Å². The van der Waals surface area contributed by atoms with Gasteiger partial charge in [0.2, 0.25) is 0 Å². The average molecular weight is 253 g/mol. The lowest BCUT2D eigenvalue weighted by atomic mass is 10.1. The van der Waals surface area contributed by atoms with Crippen LogP contribution in [0.2, 0.25) is 0 Å². The van der Waals surface area contributed by atoms with Gasteiger partial charge in [0.1, 0.15) is 11.5 Å². The maximum absolute atomic E-state index is 5.83. The van der Waals surface area contributed by atoms with E-state index < -0.39 is 0 Å². The zero-order valence-corrected chi connectivity index (χ0v) is 12.4. The molecule has 0 bridgehead atoms. The minimum atomic E-state index is 0.279. The van der Waals surface area contributed by atoms with Gasteiger partial charge in [-0.1, -0.05) is 20.8 Å². The molecule has 0 radical (unpaired) electrons. The Morgan fingerprint density at radius 1 is 1.33 bits per heavy atom. The van der Waals surface area contributed by atoms with Crippen molar-refractivity contribution in [1.29, 1.82) is 0 Å². The SMILES string of the molecule is CCCNCc1cc(COC(C)C(C)C)c(C)o1. The van der Waals surface area contributed by atoms with Crippen LogP contribution in [0.5, 0.6) is 0 Å². The van der Waals surface area contributed by atoms with Crippen molar-refractivity contribution < 1.29 is 9.15 Å². The van der Waals surface area contributed by atoms with E-state index in [1.165, 1.54) is 0 Å². The van der Waals surface area contributed by atoms with Crippen LogP contribution in [0.15, 0.2) is 10.5 Å². The largest absolute Gasteiger partial charge is 0.465 e. The molecule has 1 N–H and O–H groups in total. The number of aryl methyl sites for hydroxylation is 1. The van der Waals surface area contributed by atoms with E-state index in [9.17, 15) is 0 Å². The van der Waals surface area contributed by atoms with Crippen LogP contribution in [-0.2, 0) is 17.9 Å². The number of furan rings is 1. The third-order valence-corrected chi connectivity index (χ3v) is 3.24. The summed E-state index contributed by atoms with van der Waals surface area (Å²) < 4.78 is 11.5. The third-order valence-electron chi connectivity index (χ3n) is 3.24. The molecule has 104 valence electrons. The van der Waals surface area contributed by atoms with Gasteiger partial charge in [-0.15, -0.1) is 0 Å². The lowest BCUT2D eigenvalue weighted by Gasteiger charge is -2.15. The molecule has 3 heteroatoms. The Morgan fingerprint density at radius 3 is 2.67 bits per heavy atom. The molecule has 0 saturated heterocycles. The molecule has 0 aromatic carbocycles. The van der Waals surface area contributed by atoms with Crippen LogP contribution in [0.4, 0.5) is 0 Å². The zero-order valence-electron chi connectivity index (χ0n) is 12.4. The first-order valence-electron chi connectivity index (χ1n) is 6.95. The van der Waals surface area contributed by atoms with E-state index in [1.54, 1.807) is 0 Å². The van der Waals surface area contributed by atoms with E-state index in [-0.39, 0.29) is 6.10 Å². The minimum Gasteiger partial charge on any atom is -0.465 e. The van der Waals surface area contributed by atoms with Gasteiger partial charge in [0.25, 0.3) is 0 Å². The van der Waals surface area contributed by atoms with Crippen molar-refractivity contribution in [2.75, 3.05) is 6.54 Å². The van der Waals surface area contributed by atoms with Crippen molar-refractivity contribution in [3.8, 4) is 0 Å². The van der Waals surface area contributed by atoms with E-state index in [1.807, 2.05) is 6.92 Å². The summed E-state index contributed by atoms with van der Waals surface area (Å²) in [6.45, 7) is 13.1. The molecule has 1 rings (SSSR count). The molecular formula is C15H27NO2. The smallest absolute Gasteiger partial charge is 0.118 e. The Balaban J connectivity index is 2.46. The summed E-state index contributed by atoms with van der Waals surface area (Å²) in [5.41, 5.74) is 1.16. The summed E-state index contributed by atoms with van der Waals surface area (Å²) in [6.07, 6.45) is 1.42. The van der Waals surface area contributed by atoms with Crippen molar-refractivity contribution in [2.45, 2.75) is 60.3 Å². The van der Waals surface area contributed by atoms with Gasteiger partial charge in [-0.05, 0) is 38.8 Å². The first-order chi connectivity index (χ1) is 8.54. The molecule has 0 aliphatic heterocycles. The maximum Gasteiger partial charge on any atom is 0.118 e. The van der Waals surface area contributed by atoms with E-state index in [0.717, 1.165) is 36.6 Å². The predicted octanol–water partition coefficient (Wildman–Crippen LogP) is 3.65. The van der Waals surface area contributed by atoms with Crippen molar-refractivity contribution in [3.63, 3.8) is 0 Å². The van der Waals surface area contributed by atoms with Crippen LogP contribution < -0.4 is 5.32 Å². The summed E-state index contributed by atoms with van der Waals surface area (Å²) in [6, 6.07) is 2.10. The van der Waals surface area contributed by atoms with E-state index in [2.05, 4.69) is 39.1 Å². The molecule has 0 aliphatic carbocycles. The Labute approximate surface area is 111 Å². The van der Waals surface area contributed by atoms with Crippen LogP contribution in [0.3, 0.4) is 0 Å². The maximum atomic E-state index is 5.83. The van der Waals surface area contributed by atoms with Gasteiger partial charge in [-0.25, -0.2) is 0 Å². The molecule has 1 aromatic heterocycles. The predicted molar refractivity (Wildman–Crippen MR) is 74.5 cm³/mol. The second kappa shape index (κ2) is 7.59. The highest BCUT2D eigenvalue weighted by Crippen LogP contribution is 2.17. The molecule has 1 aromatic rings. The summed E-state index contributed by atoms with van der Waals surface area (Å²) in [4.78, 5) is 0. The standard InChI is InChI=1S/C15H27NO2/c1-6-7-16-9-15-8-14(13(5)18-15)10-17-12(4)11(2)3/h8,11-12,16H,6-7,9-10H2,1-5H3. The van der Waals surface area contributed by atoms with Crippen molar-refractivity contribution in [1.82, 2.24) is 5.32 Å². The topological polar surface area (TPSA) is 34.4 Å². The van der Waals surface area contributed by atoms with Crippen LogP contribution in [-0.4, -0.2) is 12.6 Å². The minimum absolute atomic E-state index is 0.279. The third kappa shape index (κ3) is 4.83. The fourth-order valence-electron chi connectivity index (χ4n) is 1.62. The van der Waals surface area contributed by atoms with Gasteiger partial charge in [0, 0.05) is 5.56 Å². The van der Waals surface area contributed by atoms with Crippen LogP contribution in [0, 0.1) is 12.8 Å². The number of hydrogen-bond acceptors (Lipinski definition) is 3. The summed E-state index contributed by atoms with van der Waals surface area (Å²) >= 11 is 0. The molecular weight excluding hydrogens is 226 g/mol. The van der Waals surface area contributed by atoms with Crippen molar-refractivity contribution in [2.24, 2.45) is 5.92 Å². The van der Waals surface area contributed by atoms with Gasteiger partial charge in [-0.2, -0.15) is 0 Å². The highest BCUT2D eigenvalue weighted by atomic mass is 16.5. The fraction of sp³-hybridized carbons (Fsp3) is 0.733. The molecule has 0 aliphatic rings. The van der Waals surface area contributed by atoms with E-state index in [0.29, 0.717) is 12.5 Å². The van der Waals surface area contributed by atoms with Gasteiger partial charge in [0.15, 0.2) is 0 Å². The molecule has 0 spiro atoms. The molecule has 0 saturated carbocycles. The molecule has 1 unspecified atom stereocenters. The second-order valence-corrected chi connectivity index (χ2v) is 5.23. The van der Waals surface area contributed by atoms with Gasteiger partial charge >= 0.3 is 0 Å². The highest BCUT2D eigenvalue weighted by molar-refractivity contribution is 5.19. The Hall–Kier alpha value is -0.800. The highest BCUT2D eigenvalue weighted by Gasteiger charge is 2.11. The van der Waals surface area contributed by atoms with Crippen LogP contribution in [0.25, 0.3) is 0 Å². The van der Waals surface area contributed by atoms with Gasteiger partial charge < -0.3 is 14.5 Å². The summed E-state index contributed by atoms with van der Waals surface area (Å²) in [5.74, 6) is 2.51. The van der Waals surface area contributed by atoms with E-state index >= 15 is 0 Å². The second-order valence-electron chi connectivity index (χ2n) is 5.23. The Kier molecular flexibility index (Phi) is 6.44. The number of rotatable bonds is 8. The molecule has 0 amide bonds. The molecule has 18 heavy (non-hydrogen) atoms. The quantitative estimate of drug-likeness (QED) is 0.718. The Bertz CT molecular complexity index is 344. The fourth-order valence-corrected chi connectivity index (χ4v) is 1.62.